The van der Waals surface area contributed by atoms with Crippen molar-refractivity contribution in [3.8, 4) is 0 Å². The first-order valence-electron chi connectivity index (χ1n) is 7.28. The molecule has 0 spiro atoms. The Balaban J connectivity index is 1.75. The molecule has 1 aromatic carbocycles. The number of carbonyl (C=O) groups is 1. The van der Waals surface area contributed by atoms with Crippen LogP contribution in [0.25, 0.3) is 0 Å². The van der Waals surface area contributed by atoms with Crippen molar-refractivity contribution in [3.63, 3.8) is 0 Å². The van der Waals surface area contributed by atoms with Gasteiger partial charge in [-0.1, -0.05) is 31.2 Å². The van der Waals surface area contributed by atoms with Crippen molar-refractivity contribution in [2.45, 2.75) is 25.9 Å². The average molecular weight is 292 g/mol. The molecule has 5 nitrogen and oxygen atoms in total. The quantitative estimate of drug-likeness (QED) is 0.735. The number of aliphatic hydroxyl groups excluding tert-OH is 1. The summed E-state index contributed by atoms with van der Waals surface area (Å²) in [6.07, 6.45) is 1.29. The van der Waals surface area contributed by atoms with Gasteiger partial charge in [0.05, 0.1) is 12.7 Å². The normalized spacial score (nSPS) is 17.1. The van der Waals surface area contributed by atoms with Crippen molar-refractivity contribution >= 4 is 6.03 Å². The van der Waals surface area contributed by atoms with Crippen LogP contribution in [-0.2, 0) is 17.6 Å². The van der Waals surface area contributed by atoms with Crippen LogP contribution in [0.2, 0.25) is 0 Å². The molecule has 2 amide bonds. The van der Waals surface area contributed by atoms with Crippen LogP contribution >= 0.6 is 0 Å². The molecule has 1 aromatic rings. The number of carbonyl (C=O) groups excluding carboxylic acids is 1. The standard InChI is InChI=1S/C16H24N2O3/c1-16(7-12-5-3-4-6-13(12)8-16)11-18-15(20)17-9-14(19)10-21-2/h3-6,14,19H,7-11H2,1-2H3,(H2,17,18,20). The second kappa shape index (κ2) is 6.91. The van der Waals surface area contributed by atoms with Gasteiger partial charge in [-0.25, -0.2) is 4.79 Å². The Labute approximate surface area is 125 Å². The number of urea groups is 1. The zero-order valence-corrected chi connectivity index (χ0v) is 12.7. The van der Waals surface area contributed by atoms with E-state index in [2.05, 4.69) is 41.8 Å². The molecule has 1 atom stereocenters. The maximum atomic E-state index is 11.7. The fraction of sp³-hybridized carbons (Fsp3) is 0.562. The fourth-order valence-electron chi connectivity index (χ4n) is 2.83. The highest BCUT2D eigenvalue weighted by Gasteiger charge is 2.32. The molecule has 5 heteroatoms. The van der Waals surface area contributed by atoms with E-state index >= 15 is 0 Å². The number of benzene rings is 1. The number of ether oxygens (including phenoxy) is 1. The van der Waals surface area contributed by atoms with Crippen LogP contribution in [-0.4, -0.2) is 44.0 Å². The van der Waals surface area contributed by atoms with Gasteiger partial charge in [-0.15, -0.1) is 0 Å². The number of fused-ring (bicyclic) bond motifs is 1. The molecule has 3 N–H and O–H groups in total. The fourth-order valence-corrected chi connectivity index (χ4v) is 2.83. The molecule has 0 radical (unpaired) electrons. The first-order valence-corrected chi connectivity index (χ1v) is 7.28. The van der Waals surface area contributed by atoms with Gasteiger partial charge in [0.15, 0.2) is 0 Å². The molecular weight excluding hydrogens is 268 g/mol. The van der Waals surface area contributed by atoms with Gasteiger partial charge in [-0.3, -0.25) is 0 Å². The van der Waals surface area contributed by atoms with E-state index in [4.69, 9.17) is 4.74 Å². The van der Waals surface area contributed by atoms with Gasteiger partial charge in [0.1, 0.15) is 0 Å². The summed E-state index contributed by atoms with van der Waals surface area (Å²) in [5.74, 6) is 0. The van der Waals surface area contributed by atoms with Crippen LogP contribution in [0.4, 0.5) is 4.79 Å². The van der Waals surface area contributed by atoms with Gasteiger partial charge in [0.2, 0.25) is 0 Å². The Bertz CT molecular complexity index is 465. The minimum atomic E-state index is -0.674. The van der Waals surface area contributed by atoms with Gasteiger partial charge in [0, 0.05) is 20.2 Å². The number of methoxy groups -OCH3 is 1. The molecule has 0 fully saturated rings. The van der Waals surface area contributed by atoms with Crippen molar-refractivity contribution in [3.05, 3.63) is 35.4 Å². The van der Waals surface area contributed by atoms with E-state index in [0.717, 1.165) is 12.8 Å². The number of nitrogens with one attached hydrogen (secondary N) is 2. The third kappa shape index (κ3) is 4.44. The largest absolute Gasteiger partial charge is 0.389 e. The highest BCUT2D eigenvalue weighted by molar-refractivity contribution is 5.73. The van der Waals surface area contributed by atoms with E-state index in [1.165, 1.54) is 18.2 Å². The summed E-state index contributed by atoms with van der Waals surface area (Å²) in [7, 11) is 1.52. The molecule has 0 aromatic heterocycles. The molecular formula is C16H24N2O3. The molecule has 0 heterocycles. The zero-order valence-electron chi connectivity index (χ0n) is 12.7. The summed E-state index contributed by atoms with van der Waals surface area (Å²) in [6.45, 7) is 3.21. The second-order valence-electron chi connectivity index (χ2n) is 6.11. The molecule has 1 unspecified atom stereocenters. The number of aliphatic hydroxyl groups is 1. The first-order chi connectivity index (χ1) is 10.0. The van der Waals surface area contributed by atoms with Gasteiger partial charge in [0.25, 0.3) is 0 Å². The zero-order chi connectivity index (χ0) is 15.3. The van der Waals surface area contributed by atoms with E-state index in [1.54, 1.807) is 0 Å². The highest BCUT2D eigenvalue weighted by Crippen LogP contribution is 2.35. The van der Waals surface area contributed by atoms with Crippen LogP contribution in [0.5, 0.6) is 0 Å². The summed E-state index contributed by atoms with van der Waals surface area (Å²) < 4.78 is 4.81. The summed E-state index contributed by atoms with van der Waals surface area (Å²) in [4.78, 5) is 11.7. The lowest BCUT2D eigenvalue weighted by atomic mass is 9.87. The Morgan fingerprint density at radius 3 is 2.52 bits per heavy atom. The van der Waals surface area contributed by atoms with Crippen molar-refractivity contribution < 1.29 is 14.6 Å². The number of hydrogen-bond donors (Lipinski definition) is 3. The Hall–Kier alpha value is -1.59. The average Bonchev–Trinajstić information content (AvgIpc) is 2.80. The van der Waals surface area contributed by atoms with Crippen LogP contribution in [0.1, 0.15) is 18.1 Å². The lowest BCUT2D eigenvalue weighted by Gasteiger charge is -2.24. The Morgan fingerprint density at radius 2 is 1.95 bits per heavy atom. The highest BCUT2D eigenvalue weighted by atomic mass is 16.5. The molecule has 21 heavy (non-hydrogen) atoms. The monoisotopic (exact) mass is 292 g/mol. The molecule has 0 saturated carbocycles. The summed E-state index contributed by atoms with van der Waals surface area (Å²) in [5, 5.41) is 15.0. The van der Waals surface area contributed by atoms with Crippen molar-refractivity contribution in [2.75, 3.05) is 26.8 Å². The van der Waals surface area contributed by atoms with E-state index in [0.29, 0.717) is 6.54 Å². The maximum absolute atomic E-state index is 11.7. The van der Waals surface area contributed by atoms with E-state index in [1.807, 2.05) is 0 Å². The van der Waals surface area contributed by atoms with E-state index in [9.17, 15) is 9.90 Å². The van der Waals surface area contributed by atoms with Gasteiger partial charge < -0.3 is 20.5 Å². The number of hydrogen-bond acceptors (Lipinski definition) is 3. The molecule has 0 saturated heterocycles. The molecule has 1 aliphatic rings. The summed E-state index contributed by atoms with van der Waals surface area (Å²) in [6, 6.07) is 8.18. The van der Waals surface area contributed by atoms with Crippen LogP contribution in [0, 0.1) is 5.41 Å². The predicted molar refractivity (Wildman–Crippen MR) is 81.2 cm³/mol. The predicted octanol–water partition coefficient (Wildman–Crippen LogP) is 1.10. The van der Waals surface area contributed by atoms with Crippen molar-refractivity contribution in [2.24, 2.45) is 5.41 Å². The molecule has 0 bridgehead atoms. The molecule has 1 aliphatic carbocycles. The van der Waals surface area contributed by atoms with Crippen LogP contribution in [0.15, 0.2) is 24.3 Å². The Kier molecular flexibility index (Phi) is 5.20. The second-order valence-corrected chi connectivity index (χ2v) is 6.11. The summed E-state index contributed by atoms with van der Waals surface area (Å²) >= 11 is 0. The lowest BCUT2D eigenvalue weighted by molar-refractivity contribution is 0.0659. The smallest absolute Gasteiger partial charge is 0.314 e. The maximum Gasteiger partial charge on any atom is 0.314 e. The van der Waals surface area contributed by atoms with Gasteiger partial charge in [-0.2, -0.15) is 0 Å². The van der Waals surface area contributed by atoms with E-state index < -0.39 is 6.10 Å². The minimum absolute atomic E-state index is 0.0617. The third-order valence-corrected chi connectivity index (χ3v) is 3.89. The number of amides is 2. The third-order valence-electron chi connectivity index (χ3n) is 3.89. The van der Waals surface area contributed by atoms with Crippen LogP contribution in [0.3, 0.4) is 0 Å². The SMILES string of the molecule is COCC(O)CNC(=O)NCC1(C)Cc2ccccc2C1. The van der Waals surface area contributed by atoms with Crippen molar-refractivity contribution in [1.29, 1.82) is 0 Å². The van der Waals surface area contributed by atoms with E-state index in [-0.39, 0.29) is 24.6 Å². The van der Waals surface area contributed by atoms with Gasteiger partial charge in [-0.05, 0) is 29.4 Å². The minimum Gasteiger partial charge on any atom is -0.389 e. The summed E-state index contributed by atoms with van der Waals surface area (Å²) in [5.41, 5.74) is 2.81. The lowest BCUT2D eigenvalue weighted by Crippen LogP contribution is -2.44. The van der Waals surface area contributed by atoms with Crippen LogP contribution < -0.4 is 10.6 Å². The van der Waals surface area contributed by atoms with Crippen molar-refractivity contribution in [1.82, 2.24) is 10.6 Å². The Morgan fingerprint density at radius 1 is 1.33 bits per heavy atom. The van der Waals surface area contributed by atoms with Gasteiger partial charge >= 0.3 is 6.03 Å². The molecule has 116 valence electrons. The molecule has 2 rings (SSSR count). The molecule has 0 aliphatic heterocycles. The topological polar surface area (TPSA) is 70.6 Å². The number of rotatable bonds is 6. The first kappa shape index (κ1) is 15.8.